The van der Waals surface area contributed by atoms with Crippen molar-refractivity contribution in [3.8, 4) is 11.1 Å². The molecule has 19 heavy (non-hydrogen) atoms. The molecule has 0 aliphatic rings. The van der Waals surface area contributed by atoms with E-state index in [4.69, 9.17) is 0 Å². The number of halogens is 2. The largest absolute Gasteiger partial charge is 0.310 e. The molecule has 0 fully saturated rings. The molecule has 2 rings (SSSR count). The van der Waals surface area contributed by atoms with E-state index in [-0.39, 0.29) is 6.04 Å². The maximum absolute atomic E-state index is 13.7. The molecule has 0 saturated carbocycles. The summed E-state index contributed by atoms with van der Waals surface area (Å²) >= 11 is 0. The molecule has 3 heteroatoms. The molecule has 2 aromatic rings. The van der Waals surface area contributed by atoms with E-state index in [0.717, 1.165) is 23.7 Å². The molecule has 0 saturated heterocycles. The van der Waals surface area contributed by atoms with Crippen molar-refractivity contribution in [2.75, 3.05) is 6.54 Å². The summed E-state index contributed by atoms with van der Waals surface area (Å²) < 4.78 is 26.5. The second kappa shape index (κ2) is 5.93. The Bertz CT molecular complexity index is 549. The van der Waals surface area contributed by atoms with Gasteiger partial charge in [-0.15, -0.1) is 0 Å². The van der Waals surface area contributed by atoms with Gasteiger partial charge in [-0.25, -0.2) is 8.78 Å². The van der Waals surface area contributed by atoms with Crippen molar-refractivity contribution in [1.29, 1.82) is 0 Å². The monoisotopic (exact) mass is 261 g/mol. The third kappa shape index (κ3) is 3.18. The van der Waals surface area contributed by atoms with Crippen LogP contribution < -0.4 is 5.32 Å². The average Bonchev–Trinajstić information content (AvgIpc) is 2.39. The Morgan fingerprint density at radius 1 is 1.05 bits per heavy atom. The van der Waals surface area contributed by atoms with Crippen LogP contribution in [-0.4, -0.2) is 6.54 Å². The predicted octanol–water partition coefficient (Wildman–Crippen LogP) is 4.30. The molecular formula is C16H17F2N. The number of hydrogen-bond donors (Lipinski definition) is 1. The van der Waals surface area contributed by atoms with Gasteiger partial charge in [0.05, 0.1) is 0 Å². The third-order valence-electron chi connectivity index (χ3n) is 3.16. The third-order valence-corrected chi connectivity index (χ3v) is 3.16. The summed E-state index contributed by atoms with van der Waals surface area (Å²) in [7, 11) is 0. The second-order valence-electron chi connectivity index (χ2n) is 4.53. The molecule has 0 aromatic heterocycles. The van der Waals surface area contributed by atoms with E-state index in [1.807, 2.05) is 24.3 Å². The van der Waals surface area contributed by atoms with Gasteiger partial charge in [0.15, 0.2) is 0 Å². The number of nitrogens with one attached hydrogen (secondary N) is 1. The molecule has 100 valence electrons. The van der Waals surface area contributed by atoms with Gasteiger partial charge in [-0.1, -0.05) is 31.2 Å². The first-order chi connectivity index (χ1) is 9.11. The number of benzene rings is 2. The molecule has 1 N–H and O–H groups in total. The fourth-order valence-corrected chi connectivity index (χ4v) is 2.10. The molecule has 1 unspecified atom stereocenters. The van der Waals surface area contributed by atoms with E-state index in [9.17, 15) is 8.78 Å². The first kappa shape index (κ1) is 13.7. The lowest BCUT2D eigenvalue weighted by molar-refractivity contribution is 0.585. The smallest absolute Gasteiger partial charge is 0.133 e. The van der Waals surface area contributed by atoms with Gasteiger partial charge in [0.1, 0.15) is 11.6 Å². The summed E-state index contributed by atoms with van der Waals surface area (Å²) in [6.45, 7) is 5.03. The number of hydrogen-bond acceptors (Lipinski definition) is 1. The molecule has 0 heterocycles. The minimum atomic E-state index is -0.557. The molecule has 0 bridgehead atoms. The zero-order valence-electron chi connectivity index (χ0n) is 11.1. The number of rotatable bonds is 4. The quantitative estimate of drug-likeness (QED) is 0.865. The molecule has 2 aromatic carbocycles. The Hall–Kier alpha value is -1.74. The van der Waals surface area contributed by atoms with Crippen molar-refractivity contribution in [1.82, 2.24) is 5.32 Å². The summed E-state index contributed by atoms with van der Waals surface area (Å²) in [5.41, 5.74) is 2.32. The molecule has 1 nitrogen and oxygen atoms in total. The summed E-state index contributed by atoms with van der Waals surface area (Å²) in [5, 5.41) is 3.32. The van der Waals surface area contributed by atoms with Crippen molar-refractivity contribution >= 4 is 0 Å². The Labute approximate surface area is 112 Å². The van der Waals surface area contributed by atoms with Gasteiger partial charge in [-0.2, -0.15) is 0 Å². The van der Waals surface area contributed by atoms with Gasteiger partial charge >= 0.3 is 0 Å². The van der Waals surface area contributed by atoms with Crippen molar-refractivity contribution in [2.24, 2.45) is 0 Å². The van der Waals surface area contributed by atoms with Crippen LogP contribution in [0, 0.1) is 11.6 Å². The van der Waals surface area contributed by atoms with E-state index >= 15 is 0 Å². The molecule has 0 radical (unpaired) electrons. The first-order valence-electron chi connectivity index (χ1n) is 6.40. The van der Waals surface area contributed by atoms with Crippen molar-refractivity contribution in [2.45, 2.75) is 19.9 Å². The normalized spacial score (nSPS) is 12.4. The summed E-state index contributed by atoms with van der Waals surface area (Å²) in [6.07, 6.45) is 0. The Morgan fingerprint density at radius 2 is 1.74 bits per heavy atom. The lowest BCUT2D eigenvalue weighted by Gasteiger charge is -2.13. The van der Waals surface area contributed by atoms with Gasteiger partial charge in [-0.05, 0) is 36.7 Å². The lowest BCUT2D eigenvalue weighted by atomic mass is 10.0. The van der Waals surface area contributed by atoms with Crippen molar-refractivity contribution < 1.29 is 8.78 Å². The standard InChI is InChI=1S/C16H17F2N/c1-3-19-11(2)12-4-6-13(7-5-12)15-9-8-14(17)10-16(15)18/h4-11,19H,3H2,1-2H3. The summed E-state index contributed by atoms with van der Waals surface area (Å²) in [6, 6.07) is 11.6. The highest BCUT2D eigenvalue weighted by molar-refractivity contribution is 5.64. The van der Waals surface area contributed by atoms with Crippen LogP contribution in [0.5, 0.6) is 0 Å². The van der Waals surface area contributed by atoms with Crippen LogP contribution in [0.15, 0.2) is 42.5 Å². The maximum Gasteiger partial charge on any atom is 0.133 e. The topological polar surface area (TPSA) is 12.0 Å². The van der Waals surface area contributed by atoms with Crippen LogP contribution in [-0.2, 0) is 0 Å². The van der Waals surface area contributed by atoms with E-state index in [1.54, 1.807) is 0 Å². The fraction of sp³-hybridized carbons (Fsp3) is 0.250. The van der Waals surface area contributed by atoms with E-state index in [0.29, 0.717) is 5.56 Å². The zero-order valence-corrected chi connectivity index (χ0v) is 11.1. The van der Waals surface area contributed by atoms with E-state index in [2.05, 4.69) is 19.2 Å². The molecular weight excluding hydrogens is 244 g/mol. The van der Waals surface area contributed by atoms with Crippen LogP contribution in [0.1, 0.15) is 25.5 Å². The fourth-order valence-electron chi connectivity index (χ4n) is 2.10. The predicted molar refractivity (Wildman–Crippen MR) is 73.9 cm³/mol. The minimum absolute atomic E-state index is 0.261. The van der Waals surface area contributed by atoms with Crippen LogP contribution in [0.25, 0.3) is 11.1 Å². The van der Waals surface area contributed by atoms with Gasteiger partial charge in [0.2, 0.25) is 0 Å². The first-order valence-corrected chi connectivity index (χ1v) is 6.40. The van der Waals surface area contributed by atoms with E-state index in [1.165, 1.54) is 12.1 Å². The van der Waals surface area contributed by atoms with Gasteiger partial charge < -0.3 is 5.32 Å². The van der Waals surface area contributed by atoms with Crippen LogP contribution in [0.2, 0.25) is 0 Å². The Balaban J connectivity index is 2.27. The zero-order chi connectivity index (χ0) is 13.8. The molecule has 1 atom stereocenters. The van der Waals surface area contributed by atoms with Crippen molar-refractivity contribution in [3.63, 3.8) is 0 Å². The Morgan fingerprint density at radius 3 is 2.32 bits per heavy atom. The van der Waals surface area contributed by atoms with Crippen molar-refractivity contribution in [3.05, 3.63) is 59.7 Å². The maximum atomic E-state index is 13.7. The SMILES string of the molecule is CCNC(C)c1ccc(-c2ccc(F)cc2F)cc1. The molecule has 0 amide bonds. The minimum Gasteiger partial charge on any atom is -0.310 e. The van der Waals surface area contributed by atoms with Crippen LogP contribution >= 0.6 is 0 Å². The average molecular weight is 261 g/mol. The highest BCUT2D eigenvalue weighted by Crippen LogP contribution is 2.25. The van der Waals surface area contributed by atoms with Crippen LogP contribution in [0.4, 0.5) is 8.78 Å². The molecule has 0 aliphatic heterocycles. The van der Waals surface area contributed by atoms with Crippen LogP contribution in [0.3, 0.4) is 0 Å². The molecule has 0 aliphatic carbocycles. The summed E-state index contributed by atoms with van der Waals surface area (Å²) in [4.78, 5) is 0. The Kier molecular flexibility index (Phi) is 4.27. The van der Waals surface area contributed by atoms with Gasteiger partial charge in [0.25, 0.3) is 0 Å². The van der Waals surface area contributed by atoms with Gasteiger partial charge in [-0.3, -0.25) is 0 Å². The highest BCUT2D eigenvalue weighted by atomic mass is 19.1. The van der Waals surface area contributed by atoms with E-state index < -0.39 is 11.6 Å². The highest BCUT2D eigenvalue weighted by Gasteiger charge is 2.08. The second-order valence-corrected chi connectivity index (χ2v) is 4.53. The van der Waals surface area contributed by atoms with Gasteiger partial charge in [0, 0.05) is 17.7 Å². The molecule has 0 spiro atoms. The summed E-state index contributed by atoms with van der Waals surface area (Å²) in [5.74, 6) is -1.09. The lowest BCUT2D eigenvalue weighted by Crippen LogP contribution is -2.17.